The van der Waals surface area contributed by atoms with Crippen molar-refractivity contribution in [1.82, 2.24) is 9.88 Å². The SMILES string of the molecule is Cn1cccc1C(=O)NC(=O)COC(=O)c1ccccc1OCc1ccccc1. The number of amides is 2. The molecule has 0 fully saturated rings. The summed E-state index contributed by atoms with van der Waals surface area (Å²) in [5, 5.41) is 2.18. The van der Waals surface area contributed by atoms with Crippen molar-refractivity contribution < 1.29 is 23.9 Å². The van der Waals surface area contributed by atoms with Gasteiger partial charge in [-0.1, -0.05) is 42.5 Å². The average Bonchev–Trinajstić information content (AvgIpc) is 3.17. The second-order valence-corrected chi connectivity index (χ2v) is 6.23. The third kappa shape index (κ3) is 5.32. The van der Waals surface area contributed by atoms with Gasteiger partial charge in [-0.05, 0) is 29.8 Å². The van der Waals surface area contributed by atoms with Gasteiger partial charge in [0.15, 0.2) is 6.61 Å². The van der Waals surface area contributed by atoms with Gasteiger partial charge in [0.05, 0.1) is 0 Å². The fourth-order valence-electron chi connectivity index (χ4n) is 2.63. The van der Waals surface area contributed by atoms with Gasteiger partial charge in [0.25, 0.3) is 11.8 Å². The summed E-state index contributed by atoms with van der Waals surface area (Å²) in [7, 11) is 1.69. The van der Waals surface area contributed by atoms with E-state index in [4.69, 9.17) is 9.47 Å². The lowest BCUT2D eigenvalue weighted by molar-refractivity contribution is -0.123. The van der Waals surface area contributed by atoms with Gasteiger partial charge < -0.3 is 14.0 Å². The Morgan fingerprint density at radius 1 is 0.931 bits per heavy atom. The maximum Gasteiger partial charge on any atom is 0.342 e. The molecule has 0 unspecified atom stereocenters. The maximum atomic E-state index is 12.4. The van der Waals surface area contributed by atoms with Crippen LogP contribution in [-0.4, -0.2) is 29.0 Å². The third-order valence-corrected chi connectivity index (χ3v) is 4.11. The molecule has 0 saturated carbocycles. The number of rotatable bonds is 7. The lowest BCUT2D eigenvalue weighted by Gasteiger charge is -2.11. The van der Waals surface area contributed by atoms with E-state index in [1.165, 1.54) is 0 Å². The van der Waals surface area contributed by atoms with Crippen LogP contribution in [0, 0.1) is 0 Å². The number of carbonyl (C=O) groups is 3. The molecule has 0 spiro atoms. The monoisotopic (exact) mass is 392 g/mol. The van der Waals surface area contributed by atoms with Crippen molar-refractivity contribution in [3.05, 3.63) is 89.7 Å². The van der Waals surface area contributed by atoms with Crippen molar-refractivity contribution in [3.8, 4) is 5.75 Å². The van der Waals surface area contributed by atoms with Gasteiger partial charge in [-0.15, -0.1) is 0 Å². The molecule has 2 aromatic carbocycles. The topological polar surface area (TPSA) is 86.6 Å². The first-order valence-electron chi connectivity index (χ1n) is 8.93. The van der Waals surface area contributed by atoms with Gasteiger partial charge in [-0.2, -0.15) is 0 Å². The van der Waals surface area contributed by atoms with Crippen molar-refractivity contribution in [2.24, 2.45) is 7.05 Å². The molecule has 7 nitrogen and oxygen atoms in total. The van der Waals surface area contributed by atoms with Crippen LogP contribution in [0.5, 0.6) is 5.75 Å². The summed E-state index contributed by atoms with van der Waals surface area (Å²) >= 11 is 0. The van der Waals surface area contributed by atoms with Gasteiger partial charge in [-0.25, -0.2) is 4.79 Å². The Bertz CT molecular complexity index is 1010. The lowest BCUT2D eigenvalue weighted by Crippen LogP contribution is -2.35. The van der Waals surface area contributed by atoms with Gasteiger partial charge in [0.1, 0.15) is 23.6 Å². The van der Waals surface area contributed by atoms with Crippen molar-refractivity contribution in [2.75, 3.05) is 6.61 Å². The molecule has 1 N–H and O–H groups in total. The first-order valence-corrected chi connectivity index (χ1v) is 8.93. The Morgan fingerprint density at radius 3 is 2.38 bits per heavy atom. The molecule has 0 radical (unpaired) electrons. The van der Waals surface area contributed by atoms with Crippen LogP contribution in [0.4, 0.5) is 0 Å². The quantitative estimate of drug-likeness (QED) is 0.625. The van der Waals surface area contributed by atoms with E-state index in [2.05, 4.69) is 5.32 Å². The maximum absolute atomic E-state index is 12.4. The molecule has 0 aliphatic heterocycles. The van der Waals surface area contributed by atoms with E-state index in [0.717, 1.165) is 5.56 Å². The Balaban J connectivity index is 1.56. The normalized spacial score (nSPS) is 10.2. The highest BCUT2D eigenvalue weighted by Gasteiger charge is 2.17. The van der Waals surface area contributed by atoms with E-state index in [9.17, 15) is 14.4 Å². The van der Waals surface area contributed by atoms with E-state index >= 15 is 0 Å². The minimum atomic E-state index is -0.716. The number of nitrogens with zero attached hydrogens (tertiary/aromatic N) is 1. The molecular formula is C22H20N2O5. The molecule has 3 aromatic rings. The number of benzene rings is 2. The van der Waals surface area contributed by atoms with Crippen LogP contribution in [0.1, 0.15) is 26.4 Å². The zero-order valence-corrected chi connectivity index (χ0v) is 15.8. The van der Waals surface area contributed by atoms with Crippen LogP contribution in [-0.2, 0) is 23.2 Å². The molecule has 0 bridgehead atoms. The second-order valence-electron chi connectivity index (χ2n) is 6.23. The highest BCUT2D eigenvalue weighted by atomic mass is 16.5. The molecule has 3 rings (SSSR count). The number of hydrogen-bond donors (Lipinski definition) is 1. The van der Waals surface area contributed by atoms with Crippen molar-refractivity contribution >= 4 is 17.8 Å². The fourth-order valence-corrected chi connectivity index (χ4v) is 2.63. The summed E-state index contributed by atoms with van der Waals surface area (Å²) in [4.78, 5) is 36.3. The minimum Gasteiger partial charge on any atom is -0.488 e. The van der Waals surface area contributed by atoms with Gasteiger partial charge in [-0.3, -0.25) is 14.9 Å². The molecule has 0 atom stereocenters. The van der Waals surface area contributed by atoms with Crippen molar-refractivity contribution in [2.45, 2.75) is 6.61 Å². The largest absolute Gasteiger partial charge is 0.488 e. The third-order valence-electron chi connectivity index (χ3n) is 4.11. The number of para-hydroxylation sites is 1. The zero-order valence-electron chi connectivity index (χ0n) is 15.8. The van der Waals surface area contributed by atoms with Gasteiger partial charge in [0, 0.05) is 13.2 Å². The second kappa shape index (κ2) is 9.36. The molecule has 7 heteroatoms. The summed E-state index contributed by atoms with van der Waals surface area (Å²) < 4.78 is 12.3. The Morgan fingerprint density at radius 2 is 1.66 bits per heavy atom. The van der Waals surface area contributed by atoms with E-state index in [0.29, 0.717) is 11.4 Å². The van der Waals surface area contributed by atoms with Gasteiger partial charge >= 0.3 is 5.97 Å². The van der Waals surface area contributed by atoms with Crippen molar-refractivity contribution in [3.63, 3.8) is 0 Å². The van der Waals surface area contributed by atoms with Crippen LogP contribution in [0.25, 0.3) is 0 Å². The summed E-state index contributed by atoms with van der Waals surface area (Å²) in [5.41, 5.74) is 1.48. The lowest BCUT2D eigenvalue weighted by atomic mass is 10.2. The molecule has 1 heterocycles. The average molecular weight is 392 g/mol. The standard InChI is InChI=1S/C22H20N2O5/c1-24-13-7-11-18(24)21(26)23-20(25)15-29-22(27)17-10-5-6-12-19(17)28-14-16-8-3-2-4-9-16/h2-13H,14-15H2,1H3,(H,23,25,26). The molecule has 2 amide bonds. The molecule has 0 aliphatic rings. The number of imide groups is 1. The number of hydrogen-bond acceptors (Lipinski definition) is 5. The Labute approximate surface area is 167 Å². The molecule has 0 aliphatic carbocycles. The number of esters is 1. The van der Waals surface area contributed by atoms with Crippen LogP contribution in [0.3, 0.4) is 0 Å². The van der Waals surface area contributed by atoms with E-state index in [1.807, 2.05) is 30.3 Å². The van der Waals surface area contributed by atoms with Crippen LogP contribution in [0.15, 0.2) is 72.9 Å². The minimum absolute atomic E-state index is 0.199. The predicted molar refractivity (Wildman–Crippen MR) is 105 cm³/mol. The number of ether oxygens (including phenoxy) is 2. The van der Waals surface area contributed by atoms with Crippen LogP contribution >= 0.6 is 0 Å². The van der Waals surface area contributed by atoms with Crippen molar-refractivity contribution in [1.29, 1.82) is 0 Å². The Kier molecular flexibility index (Phi) is 6.42. The molecule has 1 aromatic heterocycles. The molecular weight excluding hydrogens is 372 g/mol. The van der Waals surface area contributed by atoms with E-state index < -0.39 is 24.4 Å². The predicted octanol–water partition coefficient (Wildman–Crippen LogP) is 2.72. The highest BCUT2D eigenvalue weighted by molar-refractivity contribution is 6.04. The number of aromatic nitrogens is 1. The summed E-state index contributed by atoms with van der Waals surface area (Å²) in [6.45, 7) is -0.293. The fraction of sp³-hybridized carbons (Fsp3) is 0.136. The van der Waals surface area contributed by atoms with Crippen LogP contribution in [0.2, 0.25) is 0 Å². The highest BCUT2D eigenvalue weighted by Crippen LogP contribution is 2.20. The van der Waals surface area contributed by atoms with Crippen LogP contribution < -0.4 is 10.1 Å². The first-order chi connectivity index (χ1) is 14.0. The summed E-state index contributed by atoms with van der Waals surface area (Å²) in [6.07, 6.45) is 1.69. The first kappa shape index (κ1) is 19.9. The molecule has 29 heavy (non-hydrogen) atoms. The molecule has 148 valence electrons. The van der Waals surface area contributed by atoms with E-state index in [-0.39, 0.29) is 12.2 Å². The summed E-state index contributed by atoms with van der Waals surface area (Å²) in [5.74, 6) is -1.64. The zero-order chi connectivity index (χ0) is 20.6. The summed E-state index contributed by atoms with van der Waals surface area (Å²) in [6, 6.07) is 19.4. The van der Waals surface area contributed by atoms with E-state index in [1.54, 1.807) is 54.2 Å². The number of carbonyl (C=O) groups excluding carboxylic acids is 3. The molecule has 0 saturated heterocycles. The number of aryl methyl sites for hydroxylation is 1. The number of nitrogens with one attached hydrogen (secondary N) is 1. The Hall–Kier alpha value is -3.87. The smallest absolute Gasteiger partial charge is 0.342 e. The van der Waals surface area contributed by atoms with Gasteiger partial charge in [0.2, 0.25) is 0 Å².